The number of nitro groups is 1. The van der Waals surface area contributed by atoms with E-state index in [2.05, 4.69) is 10.5 Å². The second-order valence-electron chi connectivity index (χ2n) is 5.91. The molecule has 0 heterocycles. The molecule has 0 saturated heterocycles. The number of nitrogens with zero attached hydrogens (tertiary/aromatic N) is 2. The van der Waals surface area contributed by atoms with Crippen molar-refractivity contribution in [3.05, 3.63) is 87.5 Å². The van der Waals surface area contributed by atoms with Crippen molar-refractivity contribution in [2.24, 2.45) is 5.10 Å². The topological polar surface area (TPSA) is 84.6 Å². The Balaban J connectivity index is 1.68. The van der Waals surface area contributed by atoms with Gasteiger partial charge in [-0.15, -0.1) is 0 Å². The molecule has 0 fully saturated rings. The van der Waals surface area contributed by atoms with Gasteiger partial charge in [-0.3, -0.25) is 14.9 Å². The second-order valence-corrected chi connectivity index (χ2v) is 5.91. The number of hydrazone groups is 1. The molecule has 3 aromatic rings. The van der Waals surface area contributed by atoms with Crippen LogP contribution in [0.15, 0.2) is 65.8 Å². The molecule has 0 radical (unpaired) electrons. The van der Waals surface area contributed by atoms with Crippen molar-refractivity contribution in [1.82, 2.24) is 5.43 Å². The van der Waals surface area contributed by atoms with Crippen molar-refractivity contribution in [1.29, 1.82) is 0 Å². The number of nitro benzene ring substituents is 1. The number of aryl methyl sites for hydroxylation is 1. The van der Waals surface area contributed by atoms with E-state index < -0.39 is 4.92 Å². The Kier molecular flexibility index (Phi) is 5.03. The van der Waals surface area contributed by atoms with E-state index in [1.54, 1.807) is 19.1 Å². The molecule has 0 aromatic heterocycles. The van der Waals surface area contributed by atoms with Gasteiger partial charge in [-0.2, -0.15) is 5.10 Å². The van der Waals surface area contributed by atoms with Crippen molar-refractivity contribution in [3.63, 3.8) is 0 Å². The molecule has 0 spiro atoms. The van der Waals surface area contributed by atoms with E-state index >= 15 is 0 Å². The maximum absolute atomic E-state index is 12.1. The van der Waals surface area contributed by atoms with Gasteiger partial charge in [0.25, 0.3) is 5.69 Å². The van der Waals surface area contributed by atoms with E-state index in [9.17, 15) is 14.9 Å². The third-order valence-electron chi connectivity index (χ3n) is 4.06. The number of carbonyl (C=O) groups is 1. The summed E-state index contributed by atoms with van der Waals surface area (Å²) in [5.74, 6) is -0.251. The third kappa shape index (κ3) is 3.92. The minimum absolute atomic E-state index is 0.0241. The van der Waals surface area contributed by atoms with Gasteiger partial charge in [-0.05, 0) is 23.3 Å². The monoisotopic (exact) mass is 347 g/mol. The fourth-order valence-electron chi connectivity index (χ4n) is 2.74. The standard InChI is InChI=1S/C20H17N3O3/c1-14-9-10-15(11-19(14)23(25)26)13-21-22-20(24)12-17-7-4-6-16-5-2-3-8-18(16)17/h2-11,13H,12H2,1H3,(H,22,24)/b21-13-. The number of amides is 1. The van der Waals surface area contributed by atoms with Crippen LogP contribution in [0, 0.1) is 17.0 Å². The minimum atomic E-state index is -0.439. The van der Waals surface area contributed by atoms with E-state index in [-0.39, 0.29) is 18.0 Å². The molecule has 0 aliphatic heterocycles. The molecular weight excluding hydrogens is 330 g/mol. The average Bonchev–Trinajstić information content (AvgIpc) is 2.63. The lowest BCUT2D eigenvalue weighted by Gasteiger charge is -2.05. The van der Waals surface area contributed by atoms with Gasteiger partial charge in [0.15, 0.2) is 0 Å². The minimum Gasteiger partial charge on any atom is -0.273 e. The van der Waals surface area contributed by atoms with Crippen molar-refractivity contribution >= 4 is 28.6 Å². The highest BCUT2D eigenvalue weighted by molar-refractivity contribution is 5.90. The largest absolute Gasteiger partial charge is 0.273 e. The highest BCUT2D eigenvalue weighted by atomic mass is 16.6. The van der Waals surface area contributed by atoms with E-state index in [1.807, 2.05) is 42.5 Å². The van der Waals surface area contributed by atoms with Crippen LogP contribution >= 0.6 is 0 Å². The van der Waals surface area contributed by atoms with Crippen LogP contribution in [0.2, 0.25) is 0 Å². The number of nitrogens with one attached hydrogen (secondary N) is 1. The summed E-state index contributed by atoms with van der Waals surface area (Å²) in [5.41, 5.74) is 4.54. The zero-order valence-electron chi connectivity index (χ0n) is 14.2. The summed E-state index contributed by atoms with van der Waals surface area (Å²) >= 11 is 0. The summed E-state index contributed by atoms with van der Waals surface area (Å²) in [7, 11) is 0. The van der Waals surface area contributed by atoms with Crippen molar-refractivity contribution < 1.29 is 9.72 Å². The SMILES string of the molecule is Cc1ccc(/C=N\NC(=O)Cc2cccc3ccccc23)cc1[N+](=O)[O-]. The lowest BCUT2D eigenvalue weighted by atomic mass is 10.0. The van der Waals surface area contributed by atoms with E-state index in [1.165, 1.54) is 12.3 Å². The van der Waals surface area contributed by atoms with E-state index in [0.717, 1.165) is 16.3 Å². The van der Waals surface area contributed by atoms with Gasteiger partial charge < -0.3 is 0 Å². The smallest absolute Gasteiger partial charge is 0.272 e. The Morgan fingerprint density at radius 1 is 1.15 bits per heavy atom. The molecule has 0 aliphatic rings. The first-order chi connectivity index (χ1) is 12.5. The number of rotatable bonds is 5. The summed E-state index contributed by atoms with van der Waals surface area (Å²) in [5, 5.41) is 17.0. The van der Waals surface area contributed by atoms with Crippen LogP contribution in [0.3, 0.4) is 0 Å². The first-order valence-electron chi connectivity index (χ1n) is 8.08. The van der Waals surface area contributed by atoms with Crippen LogP contribution < -0.4 is 5.43 Å². The summed E-state index contributed by atoms with van der Waals surface area (Å²) in [6.45, 7) is 1.67. The molecule has 0 unspecified atom stereocenters. The highest BCUT2D eigenvalue weighted by Gasteiger charge is 2.10. The number of hydrogen-bond acceptors (Lipinski definition) is 4. The number of carbonyl (C=O) groups excluding carboxylic acids is 1. The lowest BCUT2D eigenvalue weighted by molar-refractivity contribution is -0.385. The normalized spacial score (nSPS) is 11.0. The van der Waals surface area contributed by atoms with Gasteiger partial charge in [0.05, 0.1) is 17.6 Å². The highest BCUT2D eigenvalue weighted by Crippen LogP contribution is 2.19. The third-order valence-corrected chi connectivity index (χ3v) is 4.06. The van der Waals surface area contributed by atoms with Gasteiger partial charge in [0.2, 0.25) is 5.91 Å². The zero-order chi connectivity index (χ0) is 18.5. The van der Waals surface area contributed by atoms with Crippen LogP contribution in [-0.4, -0.2) is 17.0 Å². The second kappa shape index (κ2) is 7.57. The molecule has 130 valence electrons. The maximum Gasteiger partial charge on any atom is 0.272 e. The molecule has 0 aliphatic carbocycles. The Morgan fingerprint density at radius 3 is 2.73 bits per heavy atom. The molecule has 6 nitrogen and oxygen atoms in total. The number of hydrogen-bond donors (Lipinski definition) is 1. The van der Waals surface area contributed by atoms with Gasteiger partial charge in [-0.25, -0.2) is 5.43 Å². The Morgan fingerprint density at radius 2 is 1.92 bits per heavy atom. The Bertz CT molecular complexity index is 1010. The summed E-state index contributed by atoms with van der Waals surface area (Å²) in [6.07, 6.45) is 1.60. The quantitative estimate of drug-likeness (QED) is 0.433. The number of fused-ring (bicyclic) bond motifs is 1. The lowest BCUT2D eigenvalue weighted by Crippen LogP contribution is -2.19. The molecule has 0 bridgehead atoms. The molecule has 3 rings (SSSR count). The van der Waals surface area contributed by atoms with Crippen molar-refractivity contribution in [3.8, 4) is 0 Å². The predicted molar refractivity (Wildman–Crippen MR) is 101 cm³/mol. The molecule has 0 saturated carbocycles. The molecule has 1 N–H and O–H groups in total. The van der Waals surface area contributed by atoms with Crippen LogP contribution in [-0.2, 0) is 11.2 Å². The van der Waals surface area contributed by atoms with E-state index in [0.29, 0.717) is 11.1 Å². The van der Waals surface area contributed by atoms with Crippen LogP contribution in [0.4, 0.5) is 5.69 Å². The average molecular weight is 347 g/mol. The fraction of sp³-hybridized carbons (Fsp3) is 0.100. The van der Waals surface area contributed by atoms with Crippen molar-refractivity contribution in [2.45, 2.75) is 13.3 Å². The fourth-order valence-corrected chi connectivity index (χ4v) is 2.74. The predicted octanol–water partition coefficient (Wildman–Crippen LogP) is 3.75. The number of benzene rings is 3. The van der Waals surface area contributed by atoms with Crippen molar-refractivity contribution in [2.75, 3.05) is 0 Å². The Labute approximate surface area is 150 Å². The van der Waals surface area contributed by atoms with Crippen LogP contribution in [0.1, 0.15) is 16.7 Å². The van der Waals surface area contributed by atoms with Gasteiger partial charge in [-0.1, -0.05) is 54.6 Å². The van der Waals surface area contributed by atoms with E-state index in [4.69, 9.17) is 0 Å². The molecule has 26 heavy (non-hydrogen) atoms. The van der Waals surface area contributed by atoms with Gasteiger partial charge in [0, 0.05) is 17.2 Å². The van der Waals surface area contributed by atoms with Gasteiger partial charge in [0.1, 0.15) is 0 Å². The summed E-state index contributed by atoms with van der Waals surface area (Å²) in [4.78, 5) is 22.7. The maximum atomic E-state index is 12.1. The molecular formula is C20H17N3O3. The molecule has 0 atom stereocenters. The summed E-state index contributed by atoms with van der Waals surface area (Å²) < 4.78 is 0. The molecule has 1 amide bonds. The van der Waals surface area contributed by atoms with Crippen LogP contribution in [0.25, 0.3) is 10.8 Å². The van der Waals surface area contributed by atoms with Gasteiger partial charge >= 0.3 is 0 Å². The molecule has 3 aromatic carbocycles. The Hall–Kier alpha value is -3.54. The first-order valence-corrected chi connectivity index (χ1v) is 8.08. The van der Waals surface area contributed by atoms with Crippen LogP contribution in [0.5, 0.6) is 0 Å². The molecule has 6 heteroatoms. The first kappa shape index (κ1) is 17.3. The zero-order valence-corrected chi connectivity index (χ0v) is 14.2. The summed E-state index contributed by atoms with van der Waals surface area (Å²) in [6, 6.07) is 18.5.